The maximum absolute atomic E-state index is 12.4. The zero-order chi connectivity index (χ0) is 19.1. The van der Waals surface area contributed by atoms with Crippen LogP contribution in [-0.2, 0) is 11.3 Å². The van der Waals surface area contributed by atoms with Crippen LogP contribution in [0.1, 0.15) is 36.0 Å². The van der Waals surface area contributed by atoms with Crippen LogP contribution in [0.5, 0.6) is 0 Å². The van der Waals surface area contributed by atoms with E-state index in [0.717, 1.165) is 35.1 Å². The lowest BCUT2D eigenvalue weighted by Gasteiger charge is -2.10. The van der Waals surface area contributed by atoms with Crippen LogP contribution < -0.4 is 5.32 Å². The van der Waals surface area contributed by atoms with Crippen LogP contribution in [0.15, 0.2) is 57.4 Å². The number of ether oxygens (including phenoxy) is 1. The Labute approximate surface area is 166 Å². The summed E-state index contributed by atoms with van der Waals surface area (Å²) in [5.41, 5.74) is 2.05. The summed E-state index contributed by atoms with van der Waals surface area (Å²) in [6, 6.07) is 14.8. The molecule has 1 heterocycles. The number of hydrogen-bond acceptors (Lipinski definition) is 6. The van der Waals surface area contributed by atoms with E-state index >= 15 is 0 Å². The smallest absolute Gasteiger partial charge is 0.340 e. The van der Waals surface area contributed by atoms with Gasteiger partial charge in [0.05, 0.1) is 5.56 Å². The number of nitrogens with one attached hydrogen (secondary N) is 1. The number of unbranched alkanes of at least 4 members (excludes halogenated alkanes) is 1. The number of aromatic nitrogens is 2. The minimum absolute atomic E-state index is 0.0777. The fourth-order valence-corrected chi connectivity index (χ4v) is 2.71. The first-order chi connectivity index (χ1) is 13.2. The fraction of sp³-hybridized carbons (Fsp3) is 0.250. The van der Waals surface area contributed by atoms with Gasteiger partial charge in [0.2, 0.25) is 5.89 Å². The van der Waals surface area contributed by atoms with Crippen LogP contribution in [0.25, 0.3) is 11.5 Å². The van der Waals surface area contributed by atoms with Gasteiger partial charge in [0.1, 0.15) is 0 Å². The maximum atomic E-state index is 12.4. The highest BCUT2D eigenvalue weighted by Gasteiger charge is 2.15. The zero-order valence-electron chi connectivity index (χ0n) is 14.9. The number of nitrogens with zero attached hydrogens (tertiary/aromatic N) is 2. The predicted molar refractivity (Wildman–Crippen MR) is 106 cm³/mol. The average Bonchev–Trinajstić information content (AvgIpc) is 3.16. The molecule has 0 aliphatic carbocycles. The molecule has 0 fully saturated rings. The second-order valence-electron chi connectivity index (χ2n) is 5.91. The van der Waals surface area contributed by atoms with Crippen molar-refractivity contribution >= 4 is 27.6 Å². The first-order valence-corrected chi connectivity index (χ1v) is 9.55. The molecule has 1 N–H and O–H groups in total. The van der Waals surface area contributed by atoms with Crippen LogP contribution in [0.3, 0.4) is 0 Å². The molecular weight excluding hydrogens is 410 g/mol. The van der Waals surface area contributed by atoms with E-state index in [-0.39, 0.29) is 12.5 Å². The predicted octanol–water partition coefficient (Wildman–Crippen LogP) is 5.07. The molecule has 0 amide bonds. The molecular formula is C20H20BrN3O3. The number of anilines is 1. The molecule has 6 nitrogen and oxygen atoms in total. The van der Waals surface area contributed by atoms with Gasteiger partial charge in [-0.2, -0.15) is 0 Å². The maximum Gasteiger partial charge on any atom is 0.340 e. The summed E-state index contributed by atoms with van der Waals surface area (Å²) in [5, 5.41) is 11.2. The van der Waals surface area contributed by atoms with Gasteiger partial charge in [-0.05, 0) is 42.8 Å². The van der Waals surface area contributed by atoms with Crippen LogP contribution >= 0.6 is 15.9 Å². The molecule has 0 radical (unpaired) electrons. The van der Waals surface area contributed by atoms with E-state index < -0.39 is 5.97 Å². The Bertz CT molecular complexity index is 893. The van der Waals surface area contributed by atoms with Gasteiger partial charge in [0, 0.05) is 22.3 Å². The van der Waals surface area contributed by atoms with E-state index in [1.165, 1.54) is 0 Å². The summed E-state index contributed by atoms with van der Waals surface area (Å²) < 4.78 is 11.9. The van der Waals surface area contributed by atoms with Gasteiger partial charge in [0.15, 0.2) is 6.61 Å². The minimum Gasteiger partial charge on any atom is -0.452 e. The monoisotopic (exact) mass is 429 g/mol. The molecule has 0 bridgehead atoms. The largest absolute Gasteiger partial charge is 0.452 e. The first kappa shape index (κ1) is 19.1. The van der Waals surface area contributed by atoms with Gasteiger partial charge in [-0.25, -0.2) is 4.79 Å². The third kappa shape index (κ3) is 5.17. The molecule has 0 spiro atoms. The number of halogens is 1. The van der Waals surface area contributed by atoms with Crippen molar-refractivity contribution in [3.8, 4) is 11.5 Å². The number of hydrogen-bond donors (Lipinski definition) is 1. The summed E-state index contributed by atoms with van der Waals surface area (Å²) in [6.07, 6.45) is 2.11. The number of esters is 1. The van der Waals surface area contributed by atoms with Gasteiger partial charge in [-0.1, -0.05) is 41.4 Å². The number of para-hydroxylation sites is 1. The van der Waals surface area contributed by atoms with Crippen LogP contribution in [0, 0.1) is 0 Å². The van der Waals surface area contributed by atoms with E-state index in [4.69, 9.17) is 9.15 Å². The highest BCUT2D eigenvalue weighted by molar-refractivity contribution is 9.10. The molecule has 0 unspecified atom stereocenters. The summed E-state index contributed by atoms with van der Waals surface area (Å²) in [6.45, 7) is 2.85. The molecule has 3 aromatic rings. The molecule has 0 saturated carbocycles. The fourth-order valence-electron chi connectivity index (χ4n) is 2.44. The van der Waals surface area contributed by atoms with E-state index in [0.29, 0.717) is 11.5 Å². The lowest BCUT2D eigenvalue weighted by atomic mass is 10.1. The average molecular weight is 430 g/mol. The highest BCUT2D eigenvalue weighted by atomic mass is 79.9. The zero-order valence-corrected chi connectivity index (χ0v) is 16.5. The molecule has 0 aliphatic heterocycles. The SMILES string of the molecule is CCCCNc1ccccc1C(=O)OCc1nnc(-c2ccc(Br)cc2)o1. The van der Waals surface area contributed by atoms with Crippen molar-refractivity contribution in [3.63, 3.8) is 0 Å². The topological polar surface area (TPSA) is 77.2 Å². The van der Waals surface area contributed by atoms with Crippen molar-refractivity contribution in [3.05, 3.63) is 64.5 Å². The van der Waals surface area contributed by atoms with Crippen LogP contribution in [0.4, 0.5) is 5.69 Å². The quantitative estimate of drug-likeness (QED) is 0.397. The summed E-state index contributed by atoms with van der Waals surface area (Å²) in [5.74, 6) is 0.200. The van der Waals surface area contributed by atoms with Crippen molar-refractivity contribution < 1.29 is 13.9 Å². The lowest BCUT2D eigenvalue weighted by molar-refractivity contribution is 0.0440. The van der Waals surface area contributed by atoms with E-state index in [9.17, 15) is 4.79 Å². The van der Waals surface area contributed by atoms with Crippen molar-refractivity contribution in [2.45, 2.75) is 26.4 Å². The van der Waals surface area contributed by atoms with Crippen LogP contribution in [-0.4, -0.2) is 22.7 Å². The van der Waals surface area contributed by atoms with Gasteiger partial charge < -0.3 is 14.5 Å². The minimum atomic E-state index is -0.432. The number of benzene rings is 2. The van der Waals surface area contributed by atoms with Crippen LogP contribution in [0.2, 0.25) is 0 Å². The number of carbonyl (C=O) groups excluding carboxylic acids is 1. The molecule has 2 aromatic carbocycles. The van der Waals surface area contributed by atoms with Gasteiger partial charge >= 0.3 is 5.97 Å². The van der Waals surface area contributed by atoms with Crippen molar-refractivity contribution in [1.29, 1.82) is 0 Å². The standard InChI is InChI=1S/C20H20BrN3O3/c1-2-3-12-22-17-7-5-4-6-16(17)20(25)26-13-18-23-24-19(27-18)14-8-10-15(21)11-9-14/h4-11,22H,2-3,12-13H2,1H3. The Morgan fingerprint density at radius 3 is 2.70 bits per heavy atom. The third-order valence-corrected chi connectivity index (χ3v) is 4.41. The highest BCUT2D eigenvalue weighted by Crippen LogP contribution is 2.21. The molecule has 0 aliphatic rings. The molecule has 0 atom stereocenters. The van der Waals surface area contributed by atoms with Gasteiger partial charge in [-0.15, -0.1) is 10.2 Å². The Hall–Kier alpha value is -2.67. The molecule has 27 heavy (non-hydrogen) atoms. The summed E-state index contributed by atoms with van der Waals surface area (Å²) >= 11 is 3.38. The molecule has 7 heteroatoms. The van der Waals surface area contributed by atoms with E-state index in [1.807, 2.05) is 36.4 Å². The van der Waals surface area contributed by atoms with Gasteiger partial charge in [-0.3, -0.25) is 0 Å². The lowest BCUT2D eigenvalue weighted by Crippen LogP contribution is -2.10. The second kappa shape index (κ2) is 9.32. The summed E-state index contributed by atoms with van der Waals surface area (Å²) in [4.78, 5) is 12.4. The Kier molecular flexibility index (Phi) is 6.59. The molecule has 3 rings (SSSR count). The Balaban J connectivity index is 1.62. The van der Waals surface area contributed by atoms with E-state index in [1.54, 1.807) is 12.1 Å². The third-order valence-electron chi connectivity index (χ3n) is 3.88. The van der Waals surface area contributed by atoms with E-state index in [2.05, 4.69) is 38.4 Å². The Morgan fingerprint density at radius 1 is 1.15 bits per heavy atom. The molecule has 0 saturated heterocycles. The van der Waals surface area contributed by atoms with Crippen molar-refractivity contribution in [2.75, 3.05) is 11.9 Å². The number of carbonyl (C=O) groups is 1. The Morgan fingerprint density at radius 2 is 1.93 bits per heavy atom. The number of rotatable bonds is 8. The molecule has 140 valence electrons. The second-order valence-corrected chi connectivity index (χ2v) is 6.83. The first-order valence-electron chi connectivity index (χ1n) is 8.75. The van der Waals surface area contributed by atoms with Gasteiger partial charge in [0.25, 0.3) is 5.89 Å². The van der Waals surface area contributed by atoms with Crippen molar-refractivity contribution in [1.82, 2.24) is 10.2 Å². The normalized spacial score (nSPS) is 10.6. The summed E-state index contributed by atoms with van der Waals surface area (Å²) in [7, 11) is 0. The molecule has 1 aromatic heterocycles. The van der Waals surface area contributed by atoms with Crippen molar-refractivity contribution in [2.24, 2.45) is 0 Å².